The molecule has 0 unspecified atom stereocenters. The lowest BCUT2D eigenvalue weighted by atomic mass is 10.2. The zero-order chi connectivity index (χ0) is 18.7. The molecule has 2 heterocycles. The Morgan fingerprint density at radius 1 is 1.23 bits per heavy atom. The van der Waals surface area contributed by atoms with Crippen LogP contribution in [0.25, 0.3) is 11.4 Å². The summed E-state index contributed by atoms with van der Waals surface area (Å²) in [7, 11) is 4.74. The topological polar surface area (TPSA) is 90.8 Å². The summed E-state index contributed by atoms with van der Waals surface area (Å²) in [4.78, 5) is 18.1. The molecule has 1 amide bonds. The van der Waals surface area contributed by atoms with Gasteiger partial charge in [-0.1, -0.05) is 5.16 Å². The number of hydrogen-bond donors (Lipinski definition) is 0. The minimum absolute atomic E-state index is 0.145. The minimum Gasteiger partial charge on any atom is -0.493 e. The van der Waals surface area contributed by atoms with Crippen LogP contribution in [0.1, 0.15) is 16.4 Å². The number of carbonyl (C=O) groups excluding carboxylic acids is 1. The molecule has 2 aromatic heterocycles. The van der Waals surface area contributed by atoms with E-state index in [0.717, 1.165) is 0 Å². The highest BCUT2D eigenvalue weighted by Gasteiger charge is 2.21. The maximum Gasteiger partial charge on any atom is 0.290 e. The fourth-order valence-corrected chi connectivity index (χ4v) is 2.68. The van der Waals surface area contributed by atoms with Crippen LogP contribution in [0.15, 0.2) is 43.9 Å². The second kappa shape index (κ2) is 7.61. The highest BCUT2D eigenvalue weighted by molar-refractivity contribution is 9.10. The SMILES string of the molecule is COc1ccc(-c2noc(CN(C)C(=O)c3occc3Br)n2)cc1OC. The highest BCUT2D eigenvalue weighted by Crippen LogP contribution is 2.31. The first-order valence-electron chi connectivity index (χ1n) is 7.57. The van der Waals surface area contributed by atoms with Crippen LogP contribution < -0.4 is 9.47 Å². The van der Waals surface area contributed by atoms with Gasteiger partial charge in [0.05, 0.1) is 25.0 Å². The molecule has 0 saturated carbocycles. The Hall–Kier alpha value is -2.81. The molecule has 3 aromatic rings. The molecule has 0 fully saturated rings. The van der Waals surface area contributed by atoms with Crippen LogP contribution in [0, 0.1) is 0 Å². The molecule has 0 aliphatic rings. The van der Waals surface area contributed by atoms with Crippen LogP contribution in [0.3, 0.4) is 0 Å². The Bertz CT molecular complexity index is 921. The first-order chi connectivity index (χ1) is 12.5. The van der Waals surface area contributed by atoms with Crippen molar-refractivity contribution < 1.29 is 23.2 Å². The minimum atomic E-state index is -0.298. The van der Waals surface area contributed by atoms with Gasteiger partial charge in [-0.25, -0.2) is 0 Å². The first kappa shape index (κ1) is 18.0. The van der Waals surface area contributed by atoms with Gasteiger partial charge in [0.15, 0.2) is 11.5 Å². The van der Waals surface area contributed by atoms with Crippen molar-refractivity contribution in [3.63, 3.8) is 0 Å². The van der Waals surface area contributed by atoms with E-state index in [4.69, 9.17) is 18.4 Å². The van der Waals surface area contributed by atoms with E-state index in [-0.39, 0.29) is 18.2 Å². The molecule has 0 saturated heterocycles. The number of ether oxygens (including phenoxy) is 2. The smallest absolute Gasteiger partial charge is 0.290 e. The lowest BCUT2D eigenvalue weighted by Crippen LogP contribution is -2.26. The summed E-state index contributed by atoms with van der Waals surface area (Å²) in [6.45, 7) is 0.145. The molecule has 0 aliphatic heterocycles. The van der Waals surface area contributed by atoms with E-state index in [0.29, 0.717) is 33.3 Å². The van der Waals surface area contributed by atoms with Gasteiger partial charge in [-0.15, -0.1) is 0 Å². The fourth-order valence-electron chi connectivity index (χ4n) is 2.31. The molecule has 136 valence electrons. The summed E-state index contributed by atoms with van der Waals surface area (Å²) in [5.41, 5.74) is 0.709. The van der Waals surface area contributed by atoms with Crippen molar-refractivity contribution in [2.24, 2.45) is 0 Å². The number of rotatable bonds is 6. The molecule has 3 rings (SSSR count). The van der Waals surface area contributed by atoms with Gasteiger partial charge in [0.25, 0.3) is 5.91 Å². The van der Waals surface area contributed by atoms with Gasteiger partial charge in [0, 0.05) is 12.6 Å². The summed E-state index contributed by atoms with van der Waals surface area (Å²) in [5.74, 6) is 1.77. The molecule has 0 atom stereocenters. The second-order valence-electron chi connectivity index (χ2n) is 5.34. The van der Waals surface area contributed by atoms with Crippen molar-refractivity contribution in [1.29, 1.82) is 0 Å². The van der Waals surface area contributed by atoms with E-state index >= 15 is 0 Å². The number of halogens is 1. The Balaban J connectivity index is 1.76. The Kier molecular flexibility index (Phi) is 5.27. The van der Waals surface area contributed by atoms with E-state index in [1.165, 1.54) is 11.2 Å². The van der Waals surface area contributed by atoms with Gasteiger partial charge in [-0.2, -0.15) is 4.98 Å². The first-order valence-corrected chi connectivity index (χ1v) is 8.36. The third kappa shape index (κ3) is 3.57. The normalized spacial score (nSPS) is 10.6. The number of amides is 1. The molecule has 9 heteroatoms. The standard InChI is InChI=1S/C17H16BrN3O5/c1-21(17(22)15-11(18)6-7-25-15)9-14-19-16(20-26-14)10-4-5-12(23-2)13(8-10)24-3/h4-8H,9H2,1-3H3. The number of hydrogen-bond acceptors (Lipinski definition) is 7. The maximum atomic E-state index is 12.3. The van der Waals surface area contributed by atoms with Crippen LogP contribution in [-0.4, -0.2) is 42.2 Å². The zero-order valence-electron chi connectivity index (χ0n) is 14.4. The lowest BCUT2D eigenvalue weighted by Gasteiger charge is -2.12. The molecule has 8 nitrogen and oxygen atoms in total. The third-order valence-corrected chi connectivity index (χ3v) is 4.26. The van der Waals surface area contributed by atoms with Crippen LogP contribution >= 0.6 is 15.9 Å². The predicted molar refractivity (Wildman–Crippen MR) is 95.0 cm³/mol. The monoisotopic (exact) mass is 421 g/mol. The molecule has 0 radical (unpaired) electrons. The van der Waals surface area contributed by atoms with Gasteiger partial charge in [-0.3, -0.25) is 4.79 Å². The average molecular weight is 422 g/mol. The Morgan fingerprint density at radius 3 is 2.65 bits per heavy atom. The van der Waals surface area contributed by atoms with E-state index in [1.54, 1.807) is 45.5 Å². The van der Waals surface area contributed by atoms with Gasteiger partial charge in [0.1, 0.15) is 6.54 Å². The summed E-state index contributed by atoms with van der Waals surface area (Å²) in [6.07, 6.45) is 1.44. The lowest BCUT2D eigenvalue weighted by molar-refractivity contribution is 0.0736. The number of furan rings is 1. The maximum absolute atomic E-state index is 12.3. The van der Waals surface area contributed by atoms with Crippen LogP contribution in [-0.2, 0) is 6.54 Å². The predicted octanol–water partition coefficient (Wildman–Crippen LogP) is 3.38. The van der Waals surface area contributed by atoms with Crippen molar-refractivity contribution in [3.05, 3.63) is 46.7 Å². The average Bonchev–Trinajstić information content (AvgIpc) is 3.29. The number of methoxy groups -OCH3 is 2. The molecule has 0 N–H and O–H groups in total. The molecule has 0 aliphatic carbocycles. The molecular weight excluding hydrogens is 406 g/mol. The van der Waals surface area contributed by atoms with E-state index in [2.05, 4.69) is 26.1 Å². The quantitative estimate of drug-likeness (QED) is 0.602. The van der Waals surface area contributed by atoms with Crippen LogP contribution in [0.4, 0.5) is 0 Å². The van der Waals surface area contributed by atoms with E-state index in [9.17, 15) is 4.79 Å². The highest BCUT2D eigenvalue weighted by atomic mass is 79.9. The summed E-state index contributed by atoms with van der Waals surface area (Å²) >= 11 is 3.27. The second-order valence-corrected chi connectivity index (χ2v) is 6.19. The Labute approximate surface area is 157 Å². The van der Waals surface area contributed by atoms with Crippen molar-refractivity contribution in [1.82, 2.24) is 15.0 Å². The number of carbonyl (C=O) groups is 1. The zero-order valence-corrected chi connectivity index (χ0v) is 15.9. The summed E-state index contributed by atoms with van der Waals surface area (Å²) in [5, 5.41) is 3.96. The van der Waals surface area contributed by atoms with Crippen LogP contribution in [0.5, 0.6) is 11.5 Å². The Morgan fingerprint density at radius 2 is 2.00 bits per heavy atom. The van der Waals surface area contributed by atoms with E-state index in [1.807, 2.05) is 0 Å². The number of nitrogens with zero attached hydrogens (tertiary/aromatic N) is 3. The number of aromatic nitrogens is 2. The van der Waals surface area contributed by atoms with E-state index < -0.39 is 0 Å². The fraction of sp³-hybridized carbons (Fsp3) is 0.235. The molecule has 1 aromatic carbocycles. The largest absolute Gasteiger partial charge is 0.493 e. The van der Waals surface area contributed by atoms with Gasteiger partial charge >= 0.3 is 0 Å². The van der Waals surface area contributed by atoms with Gasteiger partial charge in [-0.05, 0) is 40.2 Å². The number of benzene rings is 1. The van der Waals surface area contributed by atoms with Crippen molar-refractivity contribution in [2.75, 3.05) is 21.3 Å². The van der Waals surface area contributed by atoms with Crippen molar-refractivity contribution >= 4 is 21.8 Å². The third-order valence-electron chi connectivity index (χ3n) is 3.64. The summed E-state index contributed by atoms with van der Waals surface area (Å²) < 4.78 is 21.5. The summed E-state index contributed by atoms with van der Waals surface area (Å²) in [6, 6.07) is 6.96. The molecule has 0 spiro atoms. The molecular formula is C17H16BrN3O5. The van der Waals surface area contributed by atoms with Gasteiger partial charge < -0.3 is 23.3 Å². The van der Waals surface area contributed by atoms with Crippen LogP contribution in [0.2, 0.25) is 0 Å². The van der Waals surface area contributed by atoms with Crippen molar-refractivity contribution in [3.8, 4) is 22.9 Å². The van der Waals surface area contributed by atoms with Crippen molar-refractivity contribution in [2.45, 2.75) is 6.54 Å². The molecule has 0 bridgehead atoms. The molecule has 26 heavy (non-hydrogen) atoms. The van der Waals surface area contributed by atoms with Gasteiger partial charge in [0.2, 0.25) is 17.5 Å².